The molecule has 0 bridgehead atoms. The van der Waals surface area contributed by atoms with Crippen molar-refractivity contribution < 1.29 is 33.3 Å². The van der Waals surface area contributed by atoms with Crippen molar-refractivity contribution >= 4 is 28.9 Å². The van der Waals surface area contributed by atoms with Crippen molar-refractivity contribution in [2.45, 2.75) is 24.5 Å². The molecule has 224 valence electrons. The van der Waals surface area contributed by atoms with Crippen molar-refractivity contribution in [1.82, 2.24) is 20.0 Å². The van der Waals surface area contributed by atoms with E-state index in [4.69, 9.17) is 24.4 Å². The van der Waals surface area contributed by atoms with Crippen molar-refractivity contribution in [3.8, 4) is 6.07 Å². The van der Waals surface area contributed by atoms with Crippen LogP contribution < -0.4 is 5.49 Å². The van der Waals surface area contributed by atoms with Gasteiger partial charge in [-0.15, -0.1) is 5.10 Å². The van der Waals surface area contributed by atoms with Gasteiger partial charge in [0.15, 0.2) is 23.9 Å². The number of aromatic nitrogens is 4. The number of hydrogen-bond acceptors (Lipinski definition) is 11. The Bertz CT molecular complexity index is 1950. The van der Waals surface area contributed by atoms with Gasteiger partial charge in [0, 0.05) is 6.20 Å². The SMILES string of the molecule is N#Cc1c[nH]c2c1c(=N)nnn2[C@@H]1O[C@H](COC(=O)c2ccccc2)[C@@H](OC(=O)c2ccccc2)[C@H]1OC(=O)c1ccccc1. The second-order valence-electron chi connectivity index (χ2n) is 9.92. The van der Waals surface area contributed by atoms with Crippen LogP contribution in [0, 0.1) is 16.7 Å². The third-order valence-corrected chi connectivity index (χ3v) is 7.11. The fraction of sp³-hybridized carbons (Fsp3) is 0.156. The van der Waals surface area contributed by atoms with Crippen molar-refractivity contribution in [2.75, 3.05) is 6.61 Å². The summed E-state index contributed by atoms with van der Waals surface area (Å²) in [7, 11) is 0. The number of hydrogen-bond donors (Lipinski definition) is 2. The van der Waals surface area contributed by atoms with Gasteiger partial charge in [0.2, 0.25) is 0 Å². The van der Waals surface area contributed by atoms with Crippen molar-refractivity contribution in [1.29, 1.82) is 10.7 Å². The Kier molecular flexibility index (Phi) is 8.12. The summed E-state index contributed by atoms with van der Waals surface area (Å²) in [5, 5.41) is 25.9. The van der Waals surface area contributed by atoms with E-state index in [1.165, 1.54) is 10.9 Å². The molecule has 13 heteroatoms. The van der Waals surface area contributed by atoms with E-state index in [1.807, 2.05) is 6.07 Å². The third kappa shape index (κ3) is 5.90. The number of benzene rings is 3. The number of rotatable bonds is 8. The number of H-pyrrole nitrogens is 1. The Morgan fingerprint density at radius 1 is 0.844 bits per heavy atom. The van der Waals surface area contributed by atoms with Crippen LogP contribution in [0.25, 0.3) is 11.0 Å². The molecule has 5 aromatic rings. The zero-order chi connectivity index (χ0) is 31.3. The maximum Gasteiger partial charge on any atom is 0.338 e. The number of esters is 3. The number of nitriles is 1. The van der Waals surface area contributed by atoms with E-state index in [-0.39, 0.29) is 33.2 Å². The molecule has 1 aliphatic rings. The van der Waals surface area contributed by atoms with E-state index in [0.29, 0.717) is 5.56 Å². The van der Waals surface area contributed by atoms with Gasteiger partial charge < -0.3 is 23.9 Å². The minimum Gasteiger partial charge on any atom is -0.459 e. The van der Waals surface area contributed by atoms with Gasteiger partial charge in [-0.05, 0) is 36.4 Å². The van der Waals surface area contributed by atoms with Crippen LogP contribution in [0.1, 0.15) is 42.9 Å². The summed E-state index contributed by atoms with van der Waals surface area (Å²) >= 11 is 0. The molecule has 0 unspecified atom stereocenters. The van der Waals surface area contributed by atoms with Gasteiger partial charge in [-0.3, -0.25) is 5.41 Å². The van der Waals surface area contributed by atoms with E-state index in [9.17, 15) is 19.6 Å². The predicted molar refractivity (Wildman–Crippen MR) is 154 cm³/mol. The van der Waals surface area contributed by atoms with E-state index in [2.05, 4.69) is 15.3 Å². The number of carbonyl (C=O) groups is 3. The van der Waals surface area contributed by atoms with Crippen LogP contribution in [0.2, 0.25) is 0 Å². The Labute approximate surface area is 255 Å². The summed E-state index contributed by atoms with van der Waals surface area (Å²) < 4.78 is 24.9. The third-order valence-electron chi connectivity index (χ3n) is 7.11. The van der Waals surface area contributed by atoms with Crippen LogP contribution in [0.15, 0.2) is 97.2 Å². The standard InChI is InChI=1S/C32H24N6O7/c33-16-22-17-35-28-24(22)27(34)36-37-38(28)29-26(45-32(41)21-14-8-3-9-15-21)25(44-31(40)20-12-6-2-7-13-20)23(43-29)18-42-30(39)19-10-4-1-5-11-19/h1-15,17,23,25-26,29,34-35H,18H2/t23-,25-,26-,29-/m1/s1. The van der Waals surface area contributed by atoms with Gasteiger partial charge in [-0.2, -0.15) is 9.94 Å². The smallest absolute Gasteiger partial charge is 0.338 e. The van der Waals surface area contributed by atoms with Crippen LogP contribution in [0.4, 0.5) is 0 Å². The van der Waals surface area contributed by atoms with Crippen LogP contribution >= 0.6 is 0 Å². The molecule has 2 aromatic heterocycles. The molecule has 45 heavy (non-hydrogen) atoms. The molecule has 0 saturated carbocycles. The molecule has 0 amide bonds. The summed E-state index contributed by atoms with van der Waals surface area (Å²) in [4.78, 5) is 42.4. The first-order chi connectivity index (χ1) is 21.9. The van der Waals surface area contributed by atoms with Crippen LogP contribution in [-0.4, -0.2) is 62.8 Å². The lowest BCUT2D eigenvalue weighted by Gasteiger charge is -2.25. The van der Waals surface area contributed by atoms with Gasteiger partial charge in [-0.25, -0.2) is 14.4 Å². The number of fused-ring (bicyclic) bond motifs is 1. The second kappa shape index (κ2) is 12.6. The first kappa shape index (κ1) is 29.0. The second-order valence-corrected chi connectivity index (χ2v) is 9.92. The van der Waals surface area contributed by atoms with Crippen molar-refractivity contribution in [3.05, 3.63) is 125 Å². The zero-order valence-electron chi connectivity index (χ0n) is 23.4. The molecule has 2 N–H and O–H groups in total. The Morgan fingerprint density at radius 3 is 1.93 bits per heavy atom. The lowest BCUT2D eigenvalue weighted by Crippen LogP contribution is -2.41. The van der Waals surface area contributed by atoms with E-state index in [0.717, 1.165) is 0 Å². The molecule has 1 aliphatic heterocycles. The van der Waals surface area contributed by atoms with Crippen LogP contribution in [0.5, 0.6) is 0 Å². The highest BCUT2D eigenvalue weighted by Crippen LogP contribution is 2.36. The quantitative estimate of drug-likeness (QED) is 0.197. The summed E-state index contributed by atoms with van der Waals surface area (Å²) in [6, 6.07) is 26.7. The molecule has 0 radical (unpaired) electrons. The monoisotopic (exact) mass is 604 g/mol. The highest BCUT2D eigenvalue weighted by molar-refractivity contribution is 5.91. The van der Waals surface area contributed by atoms with E-state index < -0.39 is 49.1 Å². The largest absolute Gasteiger partial charge is 0.459 e. The molecule has 0 aliphatic carbocycles. The van der Waals surface area contributed by atoms with E-state index >= 15 is 0 Å². The summed E-state index contributed by atoms with van der Waals surface area (Å²) in [5.74, 6) is -2.13. The summed E-state index contributed by atoms with van der Waals surface area (Å²) in [6.07, 6.45) is -3.71. The van der Waals surface area contributed by atoms with Gasteiger partial charge in [-0.1, -0.05) is 59.8 Å². The topological polar surface area (TPSA) is 182 Å². The molecule has 1 saturated heterocycles. The Hall–Kier alpha value is -6.13. The minimum absolute atomic E-state index is 0.134. The summed E-state index contributed by atoms with van der Waals surface area (Å²) in [6.45, 7) is -0.391. The van der Waals surface area contributed by atoms with Gasteiger partial charge in [0.05, 0.1) is 27.6 Å². The number of carbonyl (C=O) groups excluding carboxylic acids is 3. The molecule has 13 nitrogen and oxygen atoms in total. The summed E-state index contributed by atoms with van der Waals surface area (Å²) in [5.41, 5.74) is 0.779. The van der Waals surface area contributed by atoms with Crippen LogP contribution in [-0.2, 0) is 18.9 Å². The Morgan fingerprint density at radius 2 is 1.38 bits per heavy atom. The average Bonchev–Trinajstić information content (AvgIpc) is 3.67. The minimum atomic E-state index is -1.35. The maximum atomic E-state index is 13.4. The fourth-order valence-corrected chi connectivity index (χ4v) is 4.94. The molecular weight excluding hydrogens is 580 g/mol. The van der Waals surface area contributed by atoms with Crippen LogP contribution in [0.3, 0.4) is 0 Å². The lowest BCUT2D eigenvalue weighted by molar-refractivity contribution is -0.0669. The van der Waals surface area contributed by atoms with E-state index in [1.54, 1.807) is 91.0 Å². The normalized spacial score (nSPS) is 19.0. The van der Waals surface area contributed by atoms with Crippen molar-refractivity contribution in [3.63, 3.8) is 0 Å². The molecule has 3 heterocycles. The van der Waals surface area contributed by atoms with Gasteiger partial charge in [0.1, 0.15) is 24.4 Å². The lowest BCUT2D eigenvalue weighted by atomic mass is 10.1. The first-order valence-corrected chi connectivity index (χ1v) is 13.8. The zero-order valence-corrected chi connectivity index (χ0v) is 23.4. The van der Waals surface area contributed by atoms with Gasteiger partial charge in [0.25, 0.3) is 0 Å². The average molecular weight is 605 g/mol. The number of aromatic amines is 1. The molecule has 4 atom stereocenters. The Balaban J connectivity index is 1.41. The number of nitrogens with zero attached hydrogens (tertiary/aromatic N) is 4. The molecule has 1 fully saturated rings. The van der Waals surface area contributed by atoms with Crippen molar-refractivity contribution in [2.24, 2.45) is 0 Å². The molecule has 0 spiro atoms. The first-order valence-electron chi connectivity index (χ1n) is 13.8. The molecule has 6 rings (SSSR count). The maximum absolute atomic E-state index is 13.4. The molecule has 3 aromatic carbocycles. The fourth-order valence-electron chi connectivity index (χ4n) is 4.94. The van der Waals surface area contributed by atoms with Gasteiger partial charge >= 0.3 is 17.9 Å². The number of nitrogens with one attached hydrogen (secondary N) is 2. The highest BCUT2D eigenvalue weighted by atomic mass is 16.7. The molecular formula is C32H24N6O7. The number of ether oxygens (including phenoxy) is 4. The highest BCUT2D eigenvalue weighted by Gasteiger charge is 2.52. The predicted octanol–water partition coefficient (Wildman–Crippen LogP) is 3.32.